The molecule has 29 heavy (non-hydrogen) atoms. The van der Waals surface area contributed by atoms with Gasteiger partial charge in [0.25, 0.3) is 0 Å². The van der Waals surface area contributed by atoms with E-state index in [2.05, 4.69) is 18.5 Å². The van der Waals surface area contributed by atoms with Crippen LogP contribution in [0.2, 0.25) is 0 Å². The smallest absolute Gasteiger partial charge is 0.179 e. The van der Waals surface area contributed by atoms with Crippen LogP contribution in [0.3, 0.4) is 0 Å². The van der Waals surface area contributed by atoms with Crippen molar-refractivity contribution in [2.45, 2.75) is 136 Å². The zero-order valence-corrected chi connectivity index (χ0v) is 19.4. The molecule has 3 nitrogen and oxygen atoms in total. The first kappa shape index (κ1) is 25.8. The third-order valence-corrected chi connectivity index (χ3v) is 5.95. The van der Waals surface area contributed by atoms with Gasteiger partial charge in [0.1, 0.15) is 0 Å². The van der Waals surface area contributed by atoms with Crippen molar-refractivity contribution in [3.05, 3.63) is 23.8 Å². The standard InChI is InChI=1S/C26H47NO2/c1-4-6-7-8-9-10-11-12-13-14-15-16-17-18-22-25(27-5-2)26(28)23(3)29-24-20-19-21-24/h5,24,28H,3-4,6-22H2,1-2H3/b26-25+,27-5?. The van der Waals surface area contributed by atoms with Gasteiger partial charge in [-0.1, -0.05) is 97.0 Å². The largest absolute Gasteiger partial charge is 0.503 e. The van der Waals surface area contributed by atoms with Crippen LogP contribution in [0.15, 0.2) is 28.8 Å². The summed E-state index contributed by atoms with van der Waals surface area (Å²) >= 11 is 0. The van der Waals surface area contributed by atoms with Gasteiger partial charge in [-0.25, -0.2) is 0 Å². The van der Waals surface area contributed by atoms with E-state index in [4.69, 9.17) is 4.74 Å². The van der Waals surface area contributed by atoms with Gasteiger partial charge < -0.3 is 9.84 Å². The molecule has 0 radical (unpaired) electrons. The van der Waals surface area contributed by atoms with Crippen molar-refractivity contribution in [2.75, 3.05) is 0 Å². The lowest BCUT2D eigenvalue weighted by molar-refractivity contribution is 0.0483. The van der Waals surface area contributed by atoms with Crippen LogP contribution in [0.4, 0.5) is 0 Å². The van der Waals surface area contributed by atoms with Crippen molar-refractivity contribution in [3.8, 4) is 0 Å². The average Bonchev–Trinajstić information content (AvgIpc) is 2.69. The molecule has 0 bridgehead atoms. The molecular formula is C26H47NO2. The molecule has 1 rings (SSSR count). The van der Waals surface area contributed by atoms with E-state index in [0.717, 1.165) is 31.4 Å². The normalized spacial score (nSPS) is 15.4. The zero-order valence-electron chi connectivity index (χ0n) is 19.4. The summed E-state index contributed by atoms with van der Waals surface area (Å²) in [4.78, 5) is 4.36. The first-order chi connectivity index (χ1) is 14.2. The Balaban J connectivity index is 2.03. The van der Waals surface area contributed by atoms with Gasteiger partial charge in [0.2, 0.25) is 0 Å². The van der Waals surface area contributed by atoms with E-state index < -0.39 is 0 Å². The zero-order chi connectivity index (χ0) is 21.2. The molecule has 3 heteroatoms. The topological polar surface area (TPSA) is 41.8 Å². The summed E-state index contributed by atoms with van der Waals surface area (Å²) < 4.78 is 5.72. The molecular weight excluding hydrogens is 358 g/mol. The number of aliphatic hydroxyl groups excluding tert-OH is 1. The van der Waals surface area contributed by atoms with Crippen LogP contribution in [0.5, 0.6) is 0 Å². The number of allylic oxidation sites excluding steroid dienone is 1. The number of hydrogen-bond donors (Lipinski definition) is 1. The molecule has 0 amide bonds. The number of rotatable bonds is 19. The number of aliphatic imine (C=N–C) groups is 1. The maximum absolute atomic E-state index is 10.4. The molecule has 0 aromatic carbocycles. The van der Waals surface area contributed by atoms with Crippen molar-refractivity contribution >= 4 is 6.21 Å². The summed E-state index contributed by atoms with van der Waals surface area (Å²) in [6.07, 6.45) is 25.0. The highest BCUT2D eigenvalue weighted by Crippen LogP contribution is 2.27. The van der Waals surface area contributed by atoms with Crippen LogP contribution in [0.25, 0.3) is 0 Å². The minimum absolute atomic E-state index is 0.143. The van der Waals surface area contributed by atoms with Gasteiger partial charge in [-0.15, -0.1) is 0 Å². The van der Waals surface area contributed by atoms with Crippen molar-refractivity contribution < 1.29 is 9.84 Å². The number of nitrogens with zero attached hydrogens (tertiary/aromatic N) is 1. The average molecular weight is 406 g/mol. The summed E-state index contributed by atoms with van der Waals surface area (Å²) in [5, 5.41) is 10.4. The van der Waals surface area contributed by atoms with Gasteiger partial charge in [0.15, 0.2) is 11.5 Å². The fourth-order valence-corrected chi connectivity index (χ4v) is 3.79. The summed E-state index contributed by atoms with van der Waals surface area (Å²) in [5.41, 5.74) is 0.718. The second-order valence-electron chi connectivity index (χ2n) is 8.62. The Labute approximate surface area is 180 Å². The van der Waals surface area contributed by atoms with Gasteiger partial charge in [-0.2, -0.15) is 0 Å². The lowest BCUT2D eigenvalue weighted by atomic mass is 9.96. The lowest BCUT2D eigenvalue weighted by Gasteiger charge is -2.27. The fourth-order valence-electron chi connectivity index (χ4n) is 3.79. The molecule has 168 valence electrons. The van der Waals surface area contributed by atoms with Gasteiger partial charge in [0.05, 0.1) is 11.8 Å². The molecule has 1 saturated carbocycles. The van der Waals surface area contributed by atoms with E-state index in [1.54, 1.807) is 6.21 Å². The number of hydrogen-bond acceptors (Lipinski definition) is 3. The molecule has 0 aromatic rings. The Kier molecular flexibility index (Phi) is 15.6. The summed E-state index contributed by atoms with van der Waals surface area (Å²) in [6, 6.07) is 0. The van der Waals surface area contributed by atoms with Crippen LogP contribution in [-0.2, 0) is 4.74 Å². The highest BCUT2D eigenvalue weighted by atomic mass is 16.5. The van der Waals surface area contributed by atoms with Crippen molar-refractivity contribution in [1.82, 2.24) is 0 Å². The predicted molar refractivity (Wildman–Crippen MR) is 127 cm³/mol. The van der Waals surface area contributed by atoms with Gasteiger partial charge >= 0.3 is 0 Å². The molecule has 0 heterocycles. The second-order valence-corrected chi connectivity index (χ2v) is 8.62. The maximum atomic E-state index is 10.4. The van der Waals surface area contributed by atoms with Crippen LogP contribution in [0.1, 0.15) is 129 Å². The molecule has 1 N–H and O–H groups in total. The first-order valence-corrected chi connectivity index (χ1v) is 12.5. The van der Waals surface area contributed by atoms with E-state index in [9.17, 15) is 5.11 Å². The van der Waals surface area contributed by atoms with Crippen LogP contribution < -0.4 is 0 Å². The molecule has 0 unspecified atom stereocenters. The predicted octanol–water partition coefficient (Wildman–Crippen LogP) is 8.80. The minimum Gasteiger partial charge on any atom is -0.503 e. The Morgan fingerprint density at radius 3 is 1.79 bits per heavy atom. The Morgan fingerprint density at radius 2 is 1.38 bits per heavy atom. The third-order valence-electron chi connectivity index (χ3n) is 5.95. The third kappa shape index (κ3) is 12.8. The molecule has 0 spiro atoms. The SMILES string of the molecule is C=C(OC1CCC1)/C(O)=C(/CCCCCCCCCCCCCCCC)N=CC. The van der Waals surface area contributed by atoms with E-state index in [1.165, 1.54) is 89.9 Å². The summed E-state index contributed by atoms with van der Waals surface area (Å²) in [5.74, 6) is 0.533. The Hall–Kier alpha value is -1.25. The molecule has 1 fully saturated rings. The molecule has 0 aliphatic heterocycles. The van der Waals surface area contributed by atoms with Crippen molar-refractivity contribution in [2.24, 2.45) is 4.99 Å². The van der Waals surface area contributed by atoms with Crippen molar-refractivity contribution in [3.63, 3.8) is 0 Å². The highest BCUT2D eigenvalue weighted by Gasteiger charge is 2.21. The minimum atomic E-state index is 0.143. The van der Waals surface area contributed by atoms with Gasteiger partial charge in [-0.3, -0.25) is 4.99 Å². The van der Waals surface area contributed by atoms with Crippen LogP contribution >= 0.6 is 0 Å². The van der Waals surface area contributed by atoms with E-state index in [0.29, 0.717) is 5.76 Å². The molecule has 0 saturated heterocycles. The molecule has 0 aromatic heterocycles. The number of unbranched alkanes of at least 4 members (excludes halogenated alkanes) is 13. The summed E-state index contributed by atoms with van der Waals surface area (Å²) in [7, 11) is 0. The van der Waals surface area contributed by atoms with Gasteiger partial charge in [-0.05, 0) is 39.0 Å². The number of ether oxygens (including phenoxy) is 1. The number of aliphatic hydroxyl groups is 1. The fraction of sp³-hybridized carbons (Fsp3) is 0.808. The Morgan fingerprint density at radius 1 is 0.897 bits per heavy atom. The van der Waals surface area contributed by atoms with E-state index in [-0.39, 0.29) is 11.9 Å². The Bertz CT molecular complexity index is 477. The highest BCUT2D eigenvalue weighted by molar-refractivity contribution is 5.55. The van der Waals surface area contributed by atoms with E-state index >= 15 is 0 Å². The monoisotopic (exact) mass is 405 g/mol. The van der Waals surface area contributed by atoms with Gasteiger partial charge in [0, 0.05) is 6.21 Å². The van der Waals surface area contributed by atoms with Crippen LogP contribution in [0, 0.1) is 0 Å². The van der Waals surface area contributed by atoms with Crippen molar-refractivity contribution in [1.29, 1.82) is 0 Å². The van der Waals surface area contributed by atoms with Crippen LogP contribution in [-0.4, -0.2) is 17.4 Å². The molecule has 1 aliphatic carbocycles. The quantitative estimate of drug-likeness (QED) is 0.101. The lowest BCUT2D eigenvalue weighted by Crippen LogP contribution is -2.21. The first-order valence-electron chi connectivity index (χ1n) is 12.5. The molecule has 1 aliphatic rings. The second kappa shape index (κ2) is 17.6. The van der Waals surface area contributed by atoms with E-state index in [1.807, 2.05) is 6.92 Å². The summed E-state index contributed by atoms with van der Waals surface area (Å²) in [6.45, 7) is 8.06. The molecule has 0 atom stereocenters. The maximum Gasteiger partial charge on any atom is 0.179 e.